The molecule has 0 saturated heterocycles. The molecule has 3 rings (SSSR count). The molecule has 5 heteroatoms. The molecule has 1 saturated carbocycles. The fraction of sp³-hybridized carbons (Fsp3) is 0.500. The Hall–Kier alpha value is -2.17. The van der Waals surface area contributed by atoms with Crippen molar-refractivity contribution in [3.05, 3.63) is 41.2 Å². The Kier molecular flexibility index (Phi) is 5.05. The molecular weight excluding hydrogens is 290 g/mol. The quantitative estimate of drug-likeness (QED) is 0.552. The molecule has 5 nitrogen and oxygen atoms in total. The Morgan fingerprint density at radius 2 is 2.04 bits per heavy atom. The second kappa shape index (κ2) is 7.40. The minimum absolute atomic E-state index is 0.467. The lowest BCUT2D eigenvalue weighted by Gasteiger charge is -2.26. The van der Waals surface area contributed by atoms with Crippen LogP contribution in [0.4, 0.5) is 0 Å². The van der Waals surface area contributed by atoms with Crippen LogP contribution in [0, 0.1) is 6.92 Å². The number of rotatable bonds is 8. The van der Waals surface area contributed by atoms with Crippen LogP contribution >= 0.6 is 0 Å². The largest absolute Gasteiger partial charge is 0.494 e. The normalized spacial score (nSPS) is 14.5. The number of hydrogen-bond acceptors (Lipinski definition) is 4. The summed E-state index contributed by atoms with van der Waals surface area (Å²) in [6.45, 7) is 3.55. The van der Waals surface area contributed by atoms with Crippen molar-refractivity contribution in [2.75, 3.05) is 6.61 Å². The molecule has 1 fully saturated rings. The average molecular weight is 313 g/mol. The molecular formula is C18H23N3O2. The number of carbonyl (C=O) groups is 1. The number of aryl methyl sites for hydroxylation is 2. The number of aldehydes is 1. The van der Waals surface area contributed by atoms with Gasteiger partial charge in [0.2, 0.25) is 0 Å². The van der Waals surface area contributed by atoms with Crippen LogP contribution in [-0.2, 0) is 6.54 Å². The summed E-state index contributed by atoms with van der Waals surface area (Å²) >= 11 is 0. The summed E-state index contributed by atoms with van der Waals surface area (Å²) in [7, 11) is 0. The Morgan fingerprint density at radius 3 is 2.70 bits per heavy atom. The number of hydrogen-bond donors (Lipinski definition) is 0. The molecule has 122 valence electrons. The minimum Gasteiger partial charge on any atom is -0.494 e. The molecule has 0 radical (unpaired) electrons. The van der Waals surface area contributed by atoms with E-state index in [9.17, 15) is 4.79 Å². The maximum absolute atomic E-state index is 11.1. The van der Waals surface area contributed by atoms with Gasteiger partial charge in [0.05, 0.1) is 12.3 Å². The Bertz CT molecular complexity index is 645. The maximum atomic E-state index is 11.1. The van der Waals surface area contributed by atoms with Crippen LogP contribution in [0.25, 0.3) is 0 Å². The van der Waals surface area contributed by atoms with Gasteiger partial charge >= 0.3 is 0 Å². The molecule has 0 N–H and O–H groups in total. The van der Waals surface area contributed by atoms with E-state index in [-0.39, 0.29) is 0 Å². The van der Waals surface area contributed by atoms with Gasteiger partial charge in [-0.25, -0.2) is 4.68 Å². The third-order valence-electron chi connectivity index (χ3n) is 4.46. The SMILES string of the molecule is Cc1ccc(OCCCCn2nnc(C=O)c2C2CCC2)cc1. The van der Waals surface area contributed by atoms with Crippen LogP contribution < -0.4 is 4.74 Å². The van der Waals surface area contributed by atoms with E-state index in [1.807, 2.05) is 16.8 Å². The molecule has 23 heavy (non-hydrogen) atoms. The van der Waals surface area contributed by atoms with Crippen molar-refractivity contribution >= 4 is 6.29 Å². The molecule has 1 heterocycles. The molecule has 1 aromatic heterocycles. The zero-order valence-electron chi connectivity index (χ0n) is 13.6. The van der Waals surface area contributed by atoms with E-state index in [4.69, 9.17) is 4.74 Å². The molecule has 1 aliphatic carbocycles. The molecule has 1 aromatic carbocycles. The van der Waals surface area contributed by atoms with E-state index in [1.54, 1.807) is 0 Å². The van der Waals surface area contributed by atoms with E-state index < -0.39 is 0 Å². The van der Waals surface area contributed by atoms with Crippen molar-refractivity contribution in [1.82, 2.24) is 15.0 Å². The Morgan fingerprint density at radius 1 is 1.26 bits per heavy atom. The number of carbonyl (C=O) groups excluding carboxylic acids is 1. The number of benzene rings is 1. The van der Waals surface area contributed by atoms with E-state index in [0.29, 0.717) is 18.2 Å². The zero-order chi connectivity index (χ0) is 16.1. The standard InChI is InChI=1S/C18H23N3O2/c1-14-7-9-16(10-8-14)23-12-3-2-11-21-18(15-5-4-6-15)17(13-22)19-20-21/h7-10,13,15H,2-6,11-12H2,1H3. The summed E-state index contributed by atoms with van der Waals surface area (Å²) in [4.78, 5) is 11.1. The molecule has 1 aliphatic rings. The van der Waals surface area contributed by atoms with Gasteiger partial charge in [0, 0.05) is 12.5 Å². The third kappa shape index (κ3) is 3.78. The number of ether oxygens (including phenoxy) is 1. The highest BCUT2D eigenvalue weighted by atomic mass is 16.5. The van der Waals surface area contributed by atoms with Gasteiger partial charge in [0.15, 0.2) is 6.29 Å². The average Bonchev–Trinajstić information content (AvgIpc) is 2.90. The van der Waals surface area contributed by atoms with Crippen LogP contribution in [0.15, 0.2) is 24.3 Å². The fourth-order valence-electron chi connectivity index (χ4n) is 2.87. The van der Waals surface area contributed by atoms with Gasteiger partial charge in [-0.3, -0.25) is 4.79 Å². The number of nitrogens with zero attached hydrogens (tertiary/aromatic N) is 3. The van der Waals surface area contributed by atoms with E-state index in [0.717, 1.165) is 50.0 Å². The predicted molar refractivity (Wildman–Crippen MR) is 87.9 cm³/mol. The lowest BCUT2D eigenvalue weighted by molar-refractivity contribution is 0.111. The molecule has 0 unspecified atom stereocenters. The van der Waals surface area contributed by atoms with Crippen molar-refractivity contribution < 1.29 is 9.53 Å². The van der Waals surface area contributed by atoms with Gasteiger partial charge in [-0.2, -0.15) is 0 Å². The third-order valence-corrected chi connectivity index (χ3v) is 4.46. The first-order chi connectivity index (χ1) is 11.3. The first-order valence-corrected chi connectivity index (χ1v) is 8.36. The second-order valence-corrected chi connectivity index (χ2v) is 6.20. The van der Waals surface area contributed by atoms with Crippen LogP contribution in [0.1, 0.15) is 59.8 Å². The molecule has 0 atom stereocenters. The lowest BCUT2D eigenvalue weighted by atomic mass is 9.82. The first kappa shape index (κ1) is 15.7. The monoisotopic (exact) mass is 313 g/mol. The molecule has 0 amide bonds. The fourth-order valence-corrected chi connectivity index (χ4v) is 2.87. The predicted octanol–water partition coefficient (Wildman–Crippen LogP) is 3.53. The zero-order valence-corrected chi connectivity index (χ0v) is 13.6. The summed E-state index contributed by atoms with van der Waals surface area (Å²) in [5.74, 6) is 1.38. The van der Waals surface area contributed by atoms with Crippen molar-refractivity contribution in [3.8, 4) is 5.75 Å². The lowest BCUT2D eigenvalue weighted by Crippen LogP contribution is -2.17. The summed E-state index contributed by atoms with van der Waals surface area (Å²) in [6, 6.07) is 8.10. The van der Waals surface area contributed by atoms with Crippen LogP contribution in [0.3, 0.4) is 0 Å². The highest BCUT2D eigenvalue weighted by Crippen LogP contribution is 2.37. The highest BCUT2D eigenvalue weighted by molar-refractivity contribution is 5.73. The Balaban J connectivity index is 1.46. The van der Waals surface area contributed by atoms with Crippen molar-refractivity contribution in [1.29, 1.82) is 0 Å². The Labute approximate surface area is 136 Å². The van der Waals surface area contributed by atoms with Gasteiger partial charge in [-0.1, -0.05) is 29.3 Å². The van der Waals surface area contributed by atoms with Crippen molar-refractivity contribution in [2.45, 2.75) is 51.5 Å². The first-order valence-electron chi connectivity index (χ1n) is 8.36. The van der Waals surface area contributed by atoms with Crippen LogP contribution in [0.5, 0.6) is 5.75 Å². The summed E-state index contributed by atoms with van der Waals surface area (Å²) in [5.41, 5.74) is 2.79. The van der Waals surface area contributed by atoms with Crippen molar-refractivity contribution in [3.63, 3.8) is 0 Å². The van der Waals surface area contributed by atoms with Crippen molar-refractivity contribution in [2.24, 2.45) is 0 Å². The van der Waals surface area contributed by atoms with Gasteiger partial charge in [-0.05, 0) is 44.7 Å². The molecule has 0 spiro atoms. The maximum Gasteiger partial charge on any atom is 0.172 e. The molecule has 0 aliphatic heterocycles. The summed E-state index contributed by atoms with van der Waals surface area (Å²) in [6.07, 6.45) is 6.27. The number of unbranched alkanes of at least 4 members (excludes halogenated alkanes) is 1. The minimum atomic E-state index is 0.467. The topological polar surface area (TPSA) is 57.0 Å². The van der Waals surface area contributed by atoms with Gasteiger partial charge in [0.25, 0.3) is 0 Å². The smallest absolute Gasteiger partial charge is 0.172 e. The highest BCUT2D eigenvalue weighted by Gasteiger charge is 2.27. The molecule has 0 bridgehead atoms. The van der Waals surface area contributed by atoms with E-state index >= 15 is 0 Å². The second-order valence-electron chi connectivity index (χ2n) is 6.20. The summed E-state index contributed by atoms with van der Waals surface area (Å²) in [5, 5.41) is 8.16. The van der Waals surface area contributed by atoms with E-state index in [1.165, 1.54) is 12.0 Å². The van der Waals surface area contributed by atoms with E-state index in [2.05, 4.69) is 29.4 Å². The van der Waals surface area contributed by atoms with Gasteiger partial charge in [0.1, 0.15) is 11.4 Å². The van der Waals surface area contributed by atoms with Crippen LogP contribution in [0.2, 0.25) is 0 Å². The van der Waals surface area contributed by atoms with Crippen LogP contribution in [-0.4, -0.2) is 27.9 Å². The number of aromatic nitrogens is 3. The summed E-state index contributed by atoms with van der Waals surface area (Å²) < 4.78 is 7.65. The van der Waals surface area contributed by atoms with Gasteiger partial charge in [-0.15, -0.1) is 5.10 Å². The van der Waals surface area contributed by atoms with Gasteiger partial charge < -0.3 is 4.74 Å². The molecule has 2 aromatic rings.